The topological polar surface area (TPSA) is 67.2 Å². The highest BCUT2D eigenvalue weighted by atomic mass is 32.1. The summed E-state index contributed by atoms with van der Waals surface area (Å²) in [6.45, 7) is 1.79. The fourth-order valence-corrected chi connectivity index (χ4v) is 3.49. The number of fused-ring (bicyclic) bond motifs is 1. The third-order valence-corrected chi connectivity index (χ3v) is 4.81. The van der Waals surface area contributed by atoms with Crippen LogP contribution in [0.15, 0.2) is 36.4 Å². The van der Waals surface area contributed by atoms with Gasteiger partial charge in [-0.25, -0.2) is 0 Å². The third kappa shape index (κ3) is 2.63. The molecule has 0 aliphatic carbocycles. The van der Waals surface area contributed by atoms with Gasteiger partial charge in [0.15, 0.2) is 0 Å². The van der Waals surface area contributed by atoms with Gasteiger partial charge in [0.05, 0.1) is 23.2 Å². The number of benzene rings is 1. The number of carbonyl (C=O) groups excluding carboxylic acids is 1. The summed E-state index contributed by atoms with van der Waals surface area (Å²) < 4.78 is 1.78. The molecule has 1 unspecified atom stereocenters. The minimum atomic E-state index is -0.405. The highest BCUT2D eigenvalue weighted by Gasteiger charge is 2.18. The largest absolute Gasteiger partial charge is 0.394 e. The molecule has 0 saturated carbocycles. The first-order valence-corrected chi connectivity index (χ1v) is 7.81. The van der Waals surface area contributed by atoms with Crippen LogP contribution in [-0.4, -0.2) is 27.4 Å². The van der Waals surface area contributed by atoms with Crippen LogP contribution in [0.25, 0.3) is 10.2 Å². The number of aryl methyl sites for hydroxylation is 2. The van der Waals surface area contributed by atoms with Gasteiger partial charge in [0.1, 0.15) is 4.83 Å². The number of hydrogen-bond acceptors (Lipinski definition) is 4. The first kappa shape index (κ1) is 14.7. The van der Waals surface area contributed by atoms with E-state index in [2.05, 4.69) is 10.4 Å². The lowest BCUT2D eigenvalue weighted by molar-refractivity contribution is 0.0920. The molecule has 1 aromatic carbocycles. The van der Waals surface area contributed by atoms with Crippen molar-refractivity contribution in [3.63, 3.8) is 0 Å². The van der Waals surface area contributed by atoms with E-state index in [0.29, 0.717) is 4.88 Å². The van der Waals surface area contributed by atoms with Gasteiger partial charge in [-0.2, -0.15) is 5.10 Å². The zero-order valence-electron chi connectivity index (χ0n) is 12.4. The number of aliphatic hydroxyl groups is 1. The zero-order chi connectivity index (χ0) is 15.7. The van der Waals surface area contributed by atoms with Gasteiger partial charge in [-0.15, -0.1) is 11.3 Å². The summed E-state index contributed by atoms with van der Waals surface area (Å²) in [6.07, 6.45) is 0. The number of thiophene rings is 1. The number of nitrogens with zero attached hydrogens (tertiary/aromatic N) is 2. The summed E-state index contributed by atoms with van der Waals surface area (Å²) in [5, 5.41) is 17.7. The maximum atomic E-state index is 12.4. The fraction of sp³-hybridized carbons (Fsp3) is 0.250. The second kappa shape index (κ2) is 5.90. The van der Waals surface area contributed by atoms with Crippen molar-refractivity contribution in [2.24, 2.45) is 7.05 Å². The van der Waals surface area contributed by atoms with Gasteiger partial charge in [0.25, 0.3) is 5.91 Å². The Hall–Kier alpha value is -2.18. The molecule has 2 N–H and O–H groups in total. The van der Waals surface area contributed by atoms with E-state index in [0.717, 1.165) is 21.5 Å². The molecule has 3 aromatic rings. The predicted molar refractivity (Wildman–Crippen MR) is 87.1 cm³/mol. The molecule has 0 aliphatic rings. The van der Waals surface area contributed by atoms with Gasteiger partial charge in [0.2, 0.25) is 0 Å². The number of carbonyl (C=O) groups is 1. The predicted octanol–water partition coefficient (Wildman–Crippen LogP) is 2.41. The summed E-state index contributed by atoms with van der Waals surface area (Å²) in [7, 11) is 1.87. The maximum Gasteiger partial charge on any atom is 0.262 e. The lowest BCUT2D eigenvalue weighted by Gasteiger charge is -2.16. The monoisotopic (exact) mass is 315 g/mol. The van der Waals surface area contributed by atoms with Crippen molar-refractivity contribution in [1.82, 2.24) is 15.1 Å². The molecule has 2 heterocycles. The van der Waals surface area contributed by atoms with Crippen LogP contribution in [0, 0.1) is 6.92 Å². The summed E-state index contributed by atoms with van der Waals surface area (Å²) in [5.41, 5.74) is 1.80. The molecule has 5 nitrogen and oxygen atoms in total. The van der Waals surface area contributed by atoms with Crippen LogP contribution in [0.4, 0.5) is 0 Å². The van der Waals surface area contributed by atoms with Gasteiger partial charge < -0.3 is 10.4 Å². The molecule has 1 amide bonds. The summed E-state index contributed by atoms with van der Waals surface area (Å²) in [5.74, 6) is -0.177. The highest BCUT2D eigenvalue weighted by Crippen LogP contribution is 2.28. The minimum absolute atomic E-state index is 0.138. The number of hydrogen-bond donors (Lipinski definition) is 2. The summed E-state index contributed by atoms with van der Waals surface area (Å²) in [4.78, 5) is 14.0. The van der Waals surface area contributed by atoms with Crippen LogP contribution in [0.2, 0.25) is 0 Å². The normalized spacial score (nSPS) is 12.5. The Morgan fingerprint density at radius 3 is 2.77 bits per heavy atom. The van der Waals surface area contributed by atoms with Crippen LogP contribution in [0.5, 0.6) is 0 Å². The third-order valence-electron chi connectivity index (χ3n) is 3.61. The Kier molecular flexibility index (Phi) is 3.96. The second-order valence-corrected chi connectivity index (χ2v) is 6.19. The van der Waals surface area contributed by atoms with Crippen LogP contribution in [0.3, 0.4) is 0 Å². The van der Waals surface area contributed by atoms with Crippen LogP contribution in [0.1, 0.15) is 27.0 Å². The molecule has 6 heteroatoms. The van der Waals surface area contributed by atoms with Gasteiger partial charge in [-0.1, -0.05) is 30.3 Å². The number of aliphatic hydroxyl groups excluding tert-OH is 1. The van der Waals surface area contributed by atoms with Gasteiger partial charge >= 0.3 is 0 Å². The maximum absolute atomic E-state index is 12.4. The standard InChI is InChI=1S/C16H17N3O2S/c1-10-12-8-14(22-16(12)19(2)18-10)15(21)17-13(9-20)11-6-4-3-5-7-11/h3-8,13,20H,9H2,1-2H3,(H,17,21). The Morgan fingerprint density at radius 2 is 2.14 bits per heavy atom. The fourth-order valence-electron chi connectivity index (χ4n) is 2.47. The second-order valence-electron chi connectivity index (χ2n) is 5.16. The smallest absolute Gasteiger partial charge is 0.262 e. The number of rotatable bonds is 4. The van der Waals surface area contributed by atoms with Crippen molar-refractivity contribution in [1.29, 1.82) is 0 Å². The van der Waals surface area contributed by atoms with Gasteiger partial charge in [-0.05, 0) is 18.6 Å². The molecule has 22 heavy (non-hydrogen) atoms. The van der Waals surface area contributed by atoms with Gasteiger partial charge in [0, 0.05) is 12.4 Å². The average molecular weight is 315 g/mol. The number of amides is 1. The van der Waals surface area contributed by atoms with Crippen molar-refractivity contribution >= 4 is 27.5 Å². The zero-order valence-corrected chi connectivity index (χ0v) is 13.2. The first-order valence-electron chi connectivity index (χ1n) is 7.00. The molecular formula is C16H17N3O2S. The SMILES string of the molecule is Cc1nn(C)c2sc(C(=O)NC(CO)c3ccccc3)cc12. The van der Waals surface area contributed by atoms with Crippen LogP contribution >= 0.6 is 11.3 Å². The lowest BCUT2D eigenvalue weighted by Crippen LogP contribution is -2.30. The van der Waals surface area contributed by atoms with Crippen molar-refractivity contribution in [3.8, 4) is 0 Å². The number of nitrogens with one attached hydrogen (secondary N) is 1. The number of aromatic nitrogens is 2. The minimum Gasteiger partial charge on any atom is -0.394 e. The van der Waals surface area contributed by atoms with Crippen molar-refractivity contribution in [2.45, 2.75) is 13.0 Å². The van der Waals surface area contributed by atoms with Crippen molar-refractivity contribution in [3.05, 3.63) is 52.5 Å². The van der Waals surface area contributed by atoms with E-state index >= 15 is 0 Å². The Bertz CT molecular complexity index is 773. The van der Waals surface area contributed by atoms with E-state index < -0.39 is 6.04 Å². The van der Waals surface area contributed by atoms with Crippen LogP contribution in [-0.2, 0) is 7.05 Å². The average Bonchev–Trinajstić information content (AvgIpc) is 3.08. The molecular weight excluding hydrogens is 298 g/mol. The summed E-state index contributed by atoms with van der Waals surface area (Å²) >= 11 is 1.41. The van der Waals surface area contributed by atoms with E-state index in [1.54, 1.807) is 4.68 Å². The molecule has 0 fully saturated rings. The molecule has 0 saturated heterocycles. The highest BCUT2D eigenvalue weighted by molar-refractivity contribution is 7.20. The van der Waals surface area contributed by atoms with Crippen molar-refractivity contribution in [2.75, 3.05) is 6.61 Å². The molecule has 2 aromatic heterocycles. The van der Waals surface area contributed by atoms with E-state index in [1.807, 2.05) is 50.4 Å². The van der Waals surface area contributed by atoms with E-state index in [-0.39, 0.29) is 12.5 Å². The quantitative estimate of drug-likeness (QED) is 0.777. The Balaban J connectivity index is 1.84. The Morgan fingerprint density at radius 1 is 1.41 bits per heavy atom. The molecule has 114 valence electrons. The molecule has 0 bridgehead atoms. The first-order chi connectivity index (χ1) is 10.6. The molecule has 0 radical (unpaired) electrons. The lowest BCUT2D eigenvalue weighted by atomic mass is 10.1. The van der Waals surface area contributed by atoms with Crippen molar-refractivity contribution < 1.29 is 9.90 Å². The molecule has 0 spiro atoms. The summed E-state index contributed by atoms with van der Waals surface area (Å²) in [6, 6.07) is 10.9. The Labute approximate surface area is 132 Å². The molecule has 3 rings (SSSR count). The van der Waals surface area contributed by atoms with E-state index in [4.69, 9.17) is 0 Å². The van der Waals surface area contributed by atoms with Gasteiger partial charge in [-0.3, -0.25) is 9.48 Å². The van der Waals surface area contributed by atoms with E-state index in [1.165, 1.54) is 11.3 Å². The molecule has 0 aliphatic heterocycles. The van der Waals surface area contributed by atoms with E-state index in [9.17, 15) is 9.90 Å². The van der Waals surface area contributed by atoms with Crippen LogP contribution < -0.4 is 5.32 Å². The molecule has 1 atom stereocenters.